The molecule has 0 saturated heterocycles. The van der Waals surface area contributed by atoms with Gasteiger partial charge in [0.2, 0.25) is 5.88 Å². The van der Waals surface area contributed by atoms with Gasteiger partial charge in [-0.3, -0.25) is 0 Å². The number of nitrogens with zero attached hydrogens (tertiary/aromatic N) is 1. The molecule has 1 unspecified atom stereocenters. The fourth-order valence-corrected chi connectivity index (χ4v) is 3.66. The number of para-hydroxylation sites is 1. The van der Waals surface area contributed by atoms with E-state index in [-0.39, 0.29) is 23.0 Å². The second-order valence-corrected chi connectivity index (χ2v) is 7.38. The highest BCUT2D eigenvalue weighted by Crippen LogP contribution is 2.44. The molecule has 7 heteroatoms. The molecule has 0 spiro atoms. The van der Waals surface area contributed by atoms with Gasteiger partial charge in [-0.1, -0.05) is 43.3 Å². The van der Waals surface area contributed by atoms with E-state index in [1.807, 2.05) is 13.0 Å². The second-order valence-electron chi connectivity index (χ2n) is 7.38. The van der Waals surface area contributed by atoms with Crippen LogP contribution in [0, 0.1) is 17.1 Å². The lowest BCUT2D eigenvalue weighted by Crippen LogP contribution is -2.21. The van der Waals surface area contributed by atoms with Gasteiger partial charge >= 0.3 is 5.97 Å². The number of carbonyl (C=O) groups excluding carboxylic acids is 1. The van der Waals surface area contributed by atoms with Crippen molar-refractivity contribution in [2.75, 3.05) is 6.61 Å². The Labute approximate surface area is 190 Å². The van der Waals surface area contributed by atoms with Crippen LogP contribution in [0.5, 0.6) is 17.2 Å². The zero-order valence-corrected chi connectivity index (χ0v) is 17.9. The van der Waals surface area contributed by atoms with Gasteiger partial charge in [0.1, 0.15) is 40.3 Å². The summed E-state index contributed by atoms with van der Waals surface area (Å²) in [5, 5.41) is 9.63. The van der Waals surface area contributed by atoms with E-state index in [1.54, 1.807) is 54.6 Å². The van der Waals surface area contributed by atoms with Gasteiger partial charge in [0, 0.05) is 17.2 Å². The number of halogens is 1. The van der Waals surface area contributed by atoms with Gasteiger partial charge in [0.25, 0.3) is 0 Å². The summed E-state index contributed by atoms with van der Waals surface area (Å²) in [6.07, 6.45) is 0.800. The zero-order chi connectivity index (χ0) is 23.4. The monoisotopic (exact) mass is 444 g/mol. The summed E-state index contributed by atoms with van der Waals surface area (Å²) >= 11 is 0. The third-order valence-electron chi connectivity index (χ3n) is 5.19. The number of esters is 1. The Morgan fingerprint density at radius 2 is 1.88 bits per heavy atom. The van der Waals surface area contributed by atoms with E-state index >= 15 is 0 Å². The maximum atomic E-state index is 14.6. The number of hydrogen-bond donors (Lipinski definition) is 1. The smallest absolute Gasteiger partial charge is 0.347 e. The Balaban J connectivity index is 1.67. The number of fused-ring (bicyclic) bond motifs is 1. The molecule has 1 atom stereocenters. The van der Waals surface area contributed by atoms with Crippen LogP contribution in [0.2, 0.25) is 0 Å². The summed E-state index contributed by atoms with van der Waals surface area (Å²) in [4.78, 5) is 12.8. The quantitative estimate of drug-likeness (QED) is 0.422. The zero-order valence-electron chi connectivity index (χ0n) is 17.9. The summed E-state index contributed by atoms with van der Waals surface area (Å²) in [6.45, 7) is 2.45. The van der Waals surface area contributed by atoms with Gasteiger partial charge < -0.3 is 19.9 Å². The molecule has 3 aromatic rings. The molecule has 33 heavy (non-hydrogen) atoms. The summed E-state index contributed by atoms with van der Waals surface area (Å²) in [5.74, 6) is -0.999. The second kappa shape index (κ2) is 9.45. The van der Waals surface area contributed by atoms with Crippen molar-refractivity contribution in [2.24, 2.45) is 5.73 Å². The molecule has 1 aliphatic rings. The fraction of sp³-hybridized carbons (Fsp3) is 0.154. The molecule has 0 bridgehead atoms. The average Bonchev–Trinajstić information content (AvgIpc) is 2.82. The van der Waals surface area contributed by atoms with Gasteiger partial charge in [-0.15, -0.1) is 0 Å². The Bertz CT molecular complexity index is 1280. The third-order valence-corrected chi connectivity index (χ3v) is 5.19. The summed E-state index contributed by atoms with van der Waals surface area (Å²) in [5.41, 5.74) is 7.22. The lowest BCUT2D eigenvalue weighted by molar-refractivity contribution is 0.0730. The van der Waals surface area contributed by atoms with E-state index in [0.717, 1.165) is 6.42 Å². The topological polar surface area (TPSA) is 94.6 Å². The van der Waals surface area contributed by atoms with Crippen LogP contribution in [0.4, 0.5) is 4.39 Å². The van der Waals surface area contributed by atoms with Crippen LogP contribution in [-0.4, -0.2) is 12.6 Å². The summed E-state index contributed by atoms with van der Waals surface area (Å²) in [7, 11) is 0. The predicted molar refractivity (Wildman–Crippen MR) is 119 cm³/mol. The molecule has 0 aromatic heterocycles. The first-order valence-corrected chi connectivity index (χ1v) is 10.4. The highest BCUT2D eigenvalue weighted by Gasteiger charge is 2.32. The lowest BCUT2D eigenvalue weighted by atomic mass is 9.83. The van der Waals surface area contributed by atoms with Crippen LogP contribution in [-0.2, 0) is 0 Å². The minimum Gasteiger partial charge on any atom is -0.493 e. The van der Waals surface area contributed by atoms with Crippen molar-refractivity contribution in [3.8, 4) is 23.3 Å². The first kappa shape index (κ1) is 21.9. The largest absolute Gasteiger partial charge is 0.493 e. The molecule has 1 aliphatic heterocycles. The number of nitrogens with two attached hydrogens (primary N) is 1. The van der Waals surface area contributed by atoms with Crippen molar-refractivity contribution in [3.05, 3.63) is 101 Å². The highest BCUT2D eigenvalue weighted by atomic mass is 19.1. The van der Waals surface area contributed by atoms with Crippen molar-refractivity contribution in [1.82, 2.24) is 0 Å². The van der Waals surface area contributed by atoms with Crippen LogP contribution >= 0.6 is 0 Å². The van der Waals surface area contributed by atoms with Crippen LogP contribution < -0.4 is 19.9 Å². The van der Waals surface area contributed by atoms with Crippen LogP contribution in [0.15, 0.2) is 78.2 Å². The molecule has 4 rings (SSSR count). The van der Waals surface area contributed by atoms with E-state index in [0.29, 0.717) is 29.0 Å². The number of nitriles is 1. The van der Waals surface area contributed by atoms with Gasteiger partial charge in [-0.05, 0) is 30.7 Å². The molecule has 0 fully saturated rings. The molecule has 6 nitrogen and oxygen atoms in total. The molecule has 166 valence electrons. The molecule has 0 aliphatic carbocycles. The predicted octanol–water partition coefficient (Wildman–Crippen LogP) is 5.05. The number of allylic oxidation sites excluding steroid dienone is 1. The van der Waals surface area contributed by atoms with E-state index in [2.05, 4.69) is 0 Å². The van der Waals surface area contributed by atoms with Gasteiger partial charge in [0.15, 0.2) is 0 Å². The maximum Gasteiger partial charge on any atom is 0.347 e. The highest BCUT2D eigenvalue weighted by molar-refractivity contribution is 5.94. The Morgan fingerprint density at radius 3 is 2.64 bits per heavy atom. The molecule has 0 amide bonds. The molecule has 0 radical (unpaired) electrons. The molecule has 1 heterocycles. The number of carbonyl (C=O) groups is 1. The number of ether oxygens (including phenoxy) is 3. The maximum absolute atomic E-state index is 14.6. The van der Waals surface area contributed by atoms with Gasteiger partial charge in [-0.2, -0.15) is 5.26 Å². The van der Waals surface area contributed by atoms with Crippen molar-refractivity contribution < 1.29 is 23.4 Å². The Hall–Kier alpha value is -4.31. The molecule has 2 N–H and O–H groups in total. The Kier molecular flexibility index (Phi) is 6.27. The average molecular weight is 444 g/mol. The van der Waals surface area contributed by atoms with Crippen LogP contribution in [0.3, 0.4) is 0 Å². The van der Waals surface area contributed by atoms with Gasteiger partial charge in [-0.25, -0.2) is 9.18 Å². The van der Waals surface area contributed by atoms with E-state index < -0.39 is 17.7 Å². The summed E-state index contributed by atoms with van der Waals surface area (Å²) < 4.78 is 31.4. The van der Waals surface area contributed by atoms with E-state index in [9.17, 15) is 14.4 Å². The third kappa shape index (κ3) is 4.37. The van der Waals surface area contributed by atoms with E-state index in [4.69, 9.17) is 19.9 Å². The number of rotatable bonds is 6. The lowest BCUT2D eigenvalue weighted by Gasteiger charge is -2.27. The van der Waals surface area contributed by atoms with Crippen molar-refractivity contribution >= 4 is 5.97 Å². The van der Waals surface area contributed by atoms with Crippen molar-refractivity contribution in [2.45, 2.75) is 19.3 Å². The normalized spacial score (nSPS) is 14.6. The minimum atomic E-state index is -0.743. The minimum absolute atomic E-state index is 0.111. The fourth-order valence-electron chi connectivity index (χ4n) is 3.66. The van der Waals surface area contributed by atoms with Crippen molar-refractivity contribution in [1.29, 1.82) is 5.26 Å². The standard InChI is InChI=1S/C26H21FN2O4/c1-2-13-31-22-10-6-4-8-19(22)26(30)32-16-11-12-18-23(14-16)33-25(29)20(15-28)24(18)17-7-3-5-9-21(17)27/h3-12,14,24H,2,13,29H2,1H3. The SMILES string of the molecule is CCCOc1ccccc1C(=O)Oc1ccc2c(c1)OC(N)=C(C#N)C2c1ccccc1F. The number of hydrogen-bond acceptors (Lipinski definition) is 6. The molecule has 3 aromatic carbocycles. The van der Waals surface area contributed by atoms with Crippen molar-refractivity contribution in [3.63, 3.8) is 0 Å². The molecule has 0 saturated carbocycles. The van der Waals surface area contributed by atoms with Crippen LogP contribution in [0.1, 0.15) is 40.7 Å². The summed E-state index contributed by atoms with van der Waals surface area (Å²) in [6, 6.07) is 19.7. The van der Waals surface area contributed by atoms with E-state index in [1.165, 1.54) is 12.1 Å². The molecular weight excluding hydrogens is 423 g/mol. The molecular formula is C26H21FN2O4. The first-order chi connectivity index (χ1) is 16.0. The first-order valence-electron chi connectivity index (χ1n) is 10.4. The van der Waals surface area contributed by atoms with Gasteiger partial charge in [0.05, 0.1) is 12.5 Å². The van der Waals surface area contributed by atoms with Crippen LogP contribution in [0.25, 0.3) is 0 Å². The Morgan fingerprint density at radius 1 is 1.12 bits per heavy atom. The number of benzene rings is 3.